The van der Waals surface area contributed by atoms with Crippen molar-refractivity contribution in [3.05, 3.63) is 0 Å². The number of hydrogen-bond acceptors (Lipinski definition) is 3. The molecule has 106 valence electrons. The molecule has 1 aliphatic carbocycles. The third kappa shape index (κ3) is 3.94. The van der Waals surface area contributed by atoms with E-state index < -0.39 is 0 Å². The van der Waals surface area contributed by atoms with Crippen LogP contribution >= 0.6 is 0 Å². The molecule has 0 aromatic heterocycles. The van der Waals surface area contributed by atoms with Gasteiger partial charge in [-0.05, 0) is 45.1 Å². The topological polar surface area (TPSA) is 32.7 Å². The van der Waals surface area contributed by atoms with Crippen molar-refractivity contribution in [2.24, 2.45) is 0 Å². The molecule has 1 saturated carbocycles. The molecule has 0 aromatic carbocycles. The van der Waals surface area contributed by atoms with E-state index >= 15 is 0 Å². The fourth-order valence-corrected chi connectivity index (χ4v) is 3.39. The largest absolute Gasteiger partial charge is 0.391 e. The van der Waals surface area contributed by atoms with E-state index in [1.807, 2.05) is 0 Å². The summed E-state index contributed by atoms with van der Waals surface area (Å²) in [6, 6.07) is 0.420. The summed E-state index contributed by atoms with van der Waals surface area (Å²) in [6.07, 6.45) is 9.70. The highest BCUT2D eigenvalue weighted by molar-refractivity contribution is 4.85. The van der Waals surface area contributed by atoms with Gasteiger partial charge in [0.05, 0.1) is 12.2 Å². The summed E-state index contributed by atoms with van der Waals surface area (Å²) in [7, 11) is 0. The molecule has 2 fully saturated rings. The van der Waals surface area contributed by atoms with Gasteiger partial charge in [0, 0.05) is 19.2 Å². The second-order valence-corrected chi connectivity index (χ2v) is 5.88. The van der Waals surface area contributed by atoms with Gasteiger partial charge in [-0.15, -0.1) is 0 Å². The minimum Gasteiger partial charge on any atom is -0.391 e. The van der Waals surface area contributed by atoms with Gasteiger partial charge in [-0.2, -0.15) is 0 Å². The molecule has 0 spiro atoms. The standard InChI is InChI=1S/C15H29NO2/c1-2-12-18-13-6-5-10-16(11-9-13)14-7-3-4-8-15(14)17/h13-15,17H,2-12H2,1H3. The lowest BCUT2D eigenvalue weighted by molar-refractivity contribution is 0.0140. The highest BCUT2D eigenvalue weighted by Crippen LogP contribution is 2.26. The summed E-state index contributed by atoms with van der Waals surface area (Å²) in [6.45, 7) is 5.32. The fraction of sp³-hybridized carbons (Fsp3) is 1.00. The maximum absolute atomic E-state index is 10.1. The highest BCUT2D eigenvalue weighted by atomic mass is 16.5. The van der Waals surface area contributed by atoms with Crippen molar-refractivity contribution in [3.63, 3.8) is 0 Å². The first-order valence-corrected chi connectivity index (χ1v) is 7.85. The van der Waals surface area contributed by atoms with E-state index in [4.69, 9.17) is 4.74 Å². The van der Waals surface area contributed by atoms with E-state index in [0.717, 1.165) is 39.0 Å². The number of ether oxygens (including phenoxy) is 1. The minimum atomic E-state index is -0.0909. The maximum Gasteiger partial charge on any atom is 0.0695 e. The van der Waals surface area contributed by atoms with Crippen LogP contribution in [0.5, 0.6) is 0 Å². The number of likely N-dealkylation sites (tertiary alicyclic amines) is 1. The zero-order valence-corrected chi connectivity index (χ0v) is 11.8. The van der Waals surface area contributed by atoms with Crippen LogP contribution in [-0.2, 0) is 4.74 Å². The summed E-state index contributed by atoms with van der Waals surface area (Å²) < 4.78 is 5.89. The first-order valence-electron chi connectivity index (χ1n) is 7.85. The van der Waals surface area contributed by atoms with E-state index in [2.05, 4.69) is 11.8 Å². The summed E-state index contributed by atoms with van der Waals surface area (Å²) in [4.78, 5) is 2.53. The quantitative estimate of drug-likeness (QED) is 0.838. The average Bonchev–Trinajstić information content (AvgIpc) is 2.62. The molecule has 1 saturated heterocycles. The molecule has 0 bridgehead atoms. The predicted octanol–water partition coefficient (Wildman–Crippen LogP) is 2.57. The van der Waals surface area contributed by atoms with Crippen LogP contribution < -0.4 is 0 Å². The van der Waals surface area contributed by atoms with Crippen LogP contribution in [0, 0.1) is 0 Å². The SMILES string of the molecule is CCCOC1CCCN(C2CCCCC2O)CC1. The van der Waals surface area contributed by atoms with Crippen molar-refractivity contribution in [1.82, 2.24) is 4.90 Å². The Hall–Kier alpha value is -0.120. The molecule has 0 radical (unpaired) electrons. The molecule has 2 rings (SSSR count). The van der Waals surface area contributed by atoms with Gasteiger partial charge in [0.15, 0.2) is 0 Å². The monoisotopic (exact) mass is 255 g/mol. The summed E-state index contributed by atoms with van der Waals surface area (Å²) >= 11 is 0. The van der Waals surface area contributed by atoms with Gasteiger partial charge in [0.2, 0.25) is 0 Å². The van der Waals surface area contributed by atoms with Crippen molar-refractivity contribution in [2.75, 3.05) is 19.7 Å². The van der Waals surface area contributed by atoms with E-state index in [1.54, 1.807) is 0 Å². The predicted molar refractivity (Wildman–Crippen MR) is 73.7 cm³/mol. The Morgan fingerprint density at radius 1 is 1.06 bits per heavy atom. The van der Waals surface area contributed by atoms with Crippen LogP contribution in [0.1, 0.15) is 58.3 Å². The number of nitrogens with zero attached hydrogens (tertiary/aromatic N) is 1. The smallest absolute Gasteiger partial charge is 0.0695 e. The van der Waals surface area contributed by atoms with Crippen molar-refractivity contribution in [2.45, 2.75) is 76.5 Å². The van der Waals surface area contributed by atoms with Crippen molar-refractivity contribution in [3.8, 4) is 0 Å². The van der Waals surface area contributed by atoms with Crippen LogP contribution in [0.2, 0.25) is 0 Å². The summed E-state index contributed by atoms with van der Waals surface area (Å²) in [5.74, 6) is 0. The van der Waals surface area contributed by atoms with Crippen LogP contribution in [0.15, 0.2) is 0 Å². The van der Waals surface area contributed by atoms with Gasteiger partial charge in [-0.25, -0.2) is 0 Å². The molecule has 3 unspecified atom stereocenters. The van der Waals surface area contributed by atoms with Crippen molar-refractivity contribution in [1.29, 1.82) is 0 Å². The minimum absolute atomic E-state index is 0.0909. The van der Waals surface area contributed by atoms with E-state index in [9.17, 15) is 5.11 Å². The van der Waals surface area contributed by atoms with Crippen LogP contribution in [0.4, 0.5) is 0 Å². The first kappa shape index (κ1) is 14.3. The molecule has 1 aliphatic heterocycles. The van der Waals surface area contributed by atoms with Crippen LogP contribution in [0.3, 0.4) is 0 Å². The normalized spacial score (nSPS) is 35.3. The van der Waals surface area contributed by atoms with Crippen LogP contribution in [-0.4, -0.2) is 48.0 Å². The number of aliphatic hydroxyl groups is 1. The maximum atomic E-state index is 10.1. The molecule has 0 aromatic rings. The number of hydrogen-bond donors (Lipinski definition) is 1. The molecular weight excluding hydrogens is 226 g/mol. The van der Waals surface area contributed by atoms with Gasteiger partial charge in [-0.1, -0.05) is 19.8 Å². The Kier molecular flexibility index (Phi) is 5.93. The van der Waals surface area contributed by atoms with Gasteiger partial charge in [0.1, 0.15) is 0 Å². The van der Waals surface area contributed by atoms with Crippen LogP contribution in [0.25, 0.3) is 0 Å². The lowest BCUT2D eigenvalue weighted by Crippen LogP contribution is -2.46. The molecule has 3 atom stereocenters. The zero-order chi connectivity index (χ0) is 12.8. The van der Waals surface area contributed by atoms with Gasteiger partial charge < -0.3 is 9.84 Å². The summed E-state index contributed by atoms with van der Waals surface area (Å²) in [5, 5.41) is 10.1. The second-order valence-electron chi connectivity index (χ2n) is 5.88. The Labute approximate surface area is 112 Å². The molecular formula is C15H29NO2. The molecule has 1 N–H and O–H groups in total. The fourth-order valence-electron chi connectivity index (χ4n) is 3.39. The molecule has 3 nitrogen and oxygen atoms in total. The third-order valence-electron chi connectivity index (χ3n) is 4.43. The highest BCUT2D eigenvalue weighted by Gasteiger charge is 2.30. The molecule has 3 heteroatoms. The zero-order valence-electron chi connectivity index (χ0n) is 11.8. The van der Waals surface area contributed by atoms with E-state index in [-0.39, 0.29) is 6.10 Å². The Balaban J connectivity index is 1.80. The first-order chi connectivity index (χ1) is 8.81. The lowest BCUT2D eigenvalue weighted by Gasteiger charge is -2.37. The van der Waals surface area contributed by atoms with Crippen molar-refractivity contribution < 1.29 is 9.84 Å². The molecule has 0 amide bonds. The molecule has 18 heavy (non-hydrogen) atoms. The van der Waals surface area contributed by atoms with E-state index in [1.165, 1.54) is 32.1 Å². The second kappa shape index (κ2) is 7.46. The molecule has 1 heterocycles. The number of aliphatic hydroxyl groups excluding tert-OH is 1. The Morgan fingerprint density at radius 3 is 2.67 bits per heavy atom. The third-order valence-corrected chi connectivity index (χ3v) is 4.43. The summed E-state index contributed by atoms with van der Waals surface area (Å²) in [5.41, 5.74) is 0. The Bertz CT molecular complexity index is 235. The average molecular weight is 255 g/mol. The number of rotatable bonds is 4. The molecule has 2 aliphatic rings. The lowest BCUT2D eigenvalue weighted by atomic mass is 9.91. The van der Waals surface area contributed by atoms with E-state index in [0.29, 0.717) is 12.1 Å². The van der Waals surface area contributed by atoms with Crippen molar-refractivity contribution >= 4 is 0 Å². The van der Waals surface area contributed by atoms with Gasteiger partial charge in [-0.3, -0.25) is 4.90 Å². The van der Waals surface area contributed by atoms with Gasteiger partial charge in [0.25, 0.3) is 0 Å². The Morgan fingerprint density at radius 2 is 1.89 bits per heavy atom. The van der Waals surface area contributed by atoms with Gasteiger partial charge >= 0.3 is 0 Å².